The number of hydrogen-bond donors (Lipinski definition) is 1. The predicted molar refractivity (Wildman–Crippen MR) is 86.7 cm³/mol. The summed E-state index contributed by atoms with van der Waals surface area (Å²) in [6.45, 7) is -0.770. The van der Waals surface area contributed by atoms with Crippen LogP contribution in [0.4, 0.5) is 8.78 Å². The molecule has 1 N–H and O–H groups in total. The fourth-order valence-corrected chi connectivity index (χ4v) is 2.77. The molecular formula is C18H15F2NO4. The summed E-state index contributed by atoms with van der Waals surface area (Å²) in [5.41, 5.74) is 0.514. The Bertz CT molecular complexity index is 859. The van der Waals surface area contributed by atoms with Gasteiger partial charge < -0.3 is 9.84 Å². The number of ether oxygens (including phenoxy) is 1. The van der Waals surface area contributed by atoms with Gasteiger partial charge in [-0.05, 0) is 30.7 Å². The molecule has 25 heavy (non-hydrogen) atoms. The van der Waals surface area contributed by atoms with Crippen molar-refractivity contribution in [2.45, 2.75) is 25.7 Å². The zero-order valence-electron chi connectivity index (χ0n) is 13.2. The number of pyridine rings is 1. The Hall–Kier alpha value is -2.83. The number of fused-ring (bicyclic) bond motifs is 1. The van der Waals surface area contributed by atoms with Crippen molar-refractivity contribution < 1.29 is 28.2 Å². The zero-order chi connectivity index (χ0) is 18.0. The molecular weight excluding hydrogens is 332 g/mol. The van der Waals surface area contributed by atoms with Crippen LogP contribution in [0.1, 0.15) is 24.8 Å². The Morgan fingerprint density at radius 3 is 2.60 bits per heavy atom. The van der Waals surface area contributed by atoms with E-state index in [2.05, 4.69) is 4.98 Å². The molecule has 0 radical (unpaired) electrons. The third-order valence-corrected chi connectivity index (χ3v) is 3.94. The first-order chi connectivity index (χ1) is 12.0. The van der Waals surface area contributed by atoms with Gasteiger partial charge in [-0.1, -0.05) is 0 Å². The second-order valence-electron chi connectivity index (χ2n) is 5.67. The highest BCUT2D eigenvalue weighted by Crippen LogP contribution is 2.30. The maximum absolute atomic E-state index is 12.4. The van der Waals surface area contributed by atoms with Gasteiger partial charge >= 0.3 is 0 Å². The molecule has 0 saturated heterocycles. The van der Waals surface area contributed by atoms with Crippen LogP contribution >= 0.6 is 0 Å². The van der Waals surface area contributed by atoms with E-state index in [1.165, 1.54) is 24.4 Å². The molecule has 1 aromatic carbocycles. The van der Waals surface area contributed by atoms with Crippen molar-refractivity contribution in [1.29, 1.82) is 0 Å². The summed E-state index contributed by atoms with van der Waals surface area (Å²) in [6, 6.07) is 5.99. The van der Waals surface area contributed by atoms with Crippen LogP contribution in [0.25, 0.3) is 16.7 Å². The summed E-state index contributed by atoms with van der Waals surface area (Å²) in [5.74, 6) is -1.00. The fourth-order valence-electron chi connectivity index (χ4n) is 2.77. The molecule has 1 saturated carbocycles. The first-order valence-electron chi connectivity index (χ1n) is 7.77. The van der Waals surface area contributed by atoms with E-state index >= 15 is 0 Å². The molecule has 1 fully saturated rings. The number of aromatic nitrogens is 1. The van der Waals surface area contributed by atoms with E-state index in [0.717, 1.165) is 0 Å². The van der Waals surface area contributed by atoms with Gasteiger partial charge in [-0.2, -0.15) is 0 Å². The normalized spacial score (nSPS) is 15.1. The standard InChI is InChI=1S/C18H15F2NO4/c19-16(20)9-25-15-6-7-21-12-5-4-10(8-11(12)15)18(24)17-13(22)2-1-3-14(17)23/h4-8,16,24H,1-3,9H2. The summed E-state index contributed by atoms with van der Waals surface area (Å²) < 4.78 is 29.9. The van der Waals surface area contributed by atoms with Crippen molar-refractivity contribution in [3.63, 3.8) is 0 Å². The lowest BCUT2D eigenvalue weighted by atomic mass is 9.89. The van der Waals surface area contributed by atoms with Crippen LogP contribution in [0.5, 0.6) is 5.75 Å². The average molecular weight is 347 g/mol. The Morgan fingerprint density at radius 2 is 1.92 bits per heavy atom. The molecule has 130 valence electrons. The summed E-state index contributed by atoms with van der Waals surface area (Å²) in [6.07, 6.45) is -0.303. The molecule has 7 heteroatoms. The molecule has 0 amide bonds. The highest BCUT2D eigenvalue weighted by atomic mass is 19.3. The Labute approximate surface area is 141 Å². The van der Waals surface area contributed by atoms with E-state index in [0.29, 0.717) is 17.3 Å². The van der Waals surface area contributed by atoms with E-state index in [1.54, 1.807) is 6.07 Å². The number of hydrogen-bond acceptors (Lipinski definition) is 5. The maximum atomic E-state index is 12.4. The highest BCUT2D eigenvalue weighted by Gasteiger charge is 2.27. The molecule has 0 aliphatic heterocycles. The van der Waals surface area contributed by atoms with Crippen molar-refractivity contribution in [3.8, 4) is 5.75 Å². The van der Waals surface area contributed by atoms with Gasteiger partial charge in [0.2, 0.25) is 0 Å². The maximum Gasteiger partial charge on any atom is 0.272 e. The largest absolute Gasteiger partial charge is 0.506 e. The van der Waals surface area contributed by atoms with Crippen LogP contribution < -0.4 is 4.74 Å². The Morgan fingerprint density at radius 1 is 1.20 bits per heavy atom. The first kappa shape index (κ1) is 17.0. The van der Waals surface area contributed by atoms with Crippen molar-refractivity contribution in [3.05, 3.63) is 41.6 Å². The molecule has 2 aromatic rings. The van der Waals surface area contributed by atoms with Gasteiger partial charge in [-0.25, -0.2) is 8.78 Å². The van der Waals surface area contributed by atoms with E-state index in [-0.39, 0.29) is 29.7 Å². The quantitative estimate of drug-likeness (QED) is 0.521. The number of alkyl halides is 2. The van der Waals surface area contributed by atoms with Crippen molar-refractivity contribution in [2.75, 3.05) is 6.61 Å². The smallest absolute Gasteiger partial charge is 0.272 e. The molecule has 1 aliphatic carbocycles. The number of carbonyl (C=O) groups excluding carboxylic acids is 2. The minimum atomic E-state index is -2.63. The number of rotatable bonds is 4. The number of nitrogens with zero attached hydrogens (tertiary/aromatic N) is 1. The second kappa shape index (κ2) is 6.96. The highest BCUT2D eigenvalue weighted by molar-refractivity contribution is 6.25. The number of Topliss-reactive ketones (excluding diaryl/α,β-unsaturated/α-hetero) is 2. The lowest BCUT2D eigenvalue weighted by Gasteiger charge is -2.14. The van der Waals surface area contributed by atoms with E-state index < -0.39 is 30.4 Å². The number of aliphatic hydroxyl groups excluding tert-OH is 1. The lowest BCUT2D eigenvalue weighted by molar-refractivity contribution is -0.123. The Kier molecular flexibility index (Phi) is 4.74. The number of ketones is 2. The van der Waals surface area contributed by atoms with E-state index in [4.69, 9.17) is 4.74 Å². The SMILES string of the molecule is O=C1CCCC(=O)C1=C(O)c1ccc2nccc(OCC(F)F)c2c1. The van der Waals surface area contributed by atoms with Gasteiger partial charge in [-0.3, -0.25) is 14.6 Å². The number of benzene rings is 1. The van der Waals surface area contributed by atoms with E-state index in [9.17, 15) is 23.5 Å². The number of carbonyl (C=O) groups is 2. The molecule has 0 spiro atoms. The molecule has 1 heterocycles. The van der Waals surface area contributed by atoms with Gasteiger partial charge in [0, 0.05) is 30.0 Å². The van der Waals surface area contributed by atoms with Gasteiger partial charge in [0.05, 0.1) is 5.52 Å². The predicted octanol–water partition coefficient (Wildman–Crippen LogP) is 3.47. The molecule has 1 aromatic heterocycles. The minimum Gasteiger partial charge on any atom is -0.506 e. The third kappa shape index (κ3) is 3.50. The number of aliphatic hydroxyl groups is 1. The van der Waals surface area contributed by atoms with Crippen LogP contribution in [-0.4, -0.2) is 34.7 Å². The van der Waals surface area contributed by atoms with Crippen LogP contribution in [0.15, 0.2) is 36.0 Å². The molecule has 0 bridgehead atoms. The molecule has 0 unspecified atom stereocenters. The second-order valence-corrected chi connectivity index (χ2v) is 5.67. The minimum absolute atomic E-state index is 0.186. The van der Waals surface area contributed by atoms with Crippen LogP contribution in [0, 0.1) is 0 Å². The fraction of sp³-hybridized carbons (Fsp3) is 0.278. The van der Waals surface area contributed by atoms with E-state index in [1.807, 2.05) is 0 Å². The van der Waals surface area contributed by atoms with Gasteiger partial charge in [0.15, 0.2) is 11.6 Å². The number of allylic oxidation sites excluding steroid dienone is 1. The van der Waals surface area contributed by atoms with Crippen LogP contribution in [0.2, 0.25) is 0 Å². The summed E-state index contributed by atoms with van der Waals surface area (Å²) in [4.78, 5) is 28.0. The topological polar surface area (TPSA) is 76.5 Å². The number of halogens is 2. The summed E-state index contributed by atoms with van der Waals surface area (Å²) in [5, 5.41) is 10.8. The molecule has 3 rings (SSSR count). The van der Waals surface area contributed by atoms with Crippen LogP contribution in [-0.2, 0) is 9.59 Å². The van der Waals surface area contributed by atoms with Crippen LogP contribution in [0.3, 0.4) is 0 Å². The lowest BCUT2D eigenvalue weighted by Crippen LogP contribution is -2.20. The Balaban J connectivity index is 2.07. The van der Waals surface area contributed by atoms with Crippen molar-refractivity contribution in [2.24, 2.45) is 0 Å². The summed E-state index contributed by atoms with van der Waals surface area (Å²) >= 11 is 0. The van der Waals surface area contributed by atoms with Crippen molar-refractivity contribution >= 4 is 28.2 Å². The van der Waals surface area contributed by atoms with Gasteiger partial charge in [-0.15, -0.1) is 0 Å². The first-order valence-corrected chi connectivity index (χ1v) is 7.77. The monoisotopic (exact) mass is 347 g/mol. The summed E-state index contributed by atoms with van der Waals surface area (Å²) in [7, 11) is 0. The average Bonchev–Trinajstić information content (AvgIpc) is 2.59. The van der Waals surface area contributed by atoms with Crippen molar-refractivity contribution in [1.82, 2.24) is 4.98 Å². The third-order valence-electron chi connectivity index (χ3n) is 3.94. The molecule has 5 nitrogen and oxygen atoms in total. The molecule has 0 atom stereocenters. The van der Waals surface area contributed by atoms with Gasteiger partial charge in [0.1, 0.15) is 23.7 Å². The molecule has 1 aliphatic rings. The zero-order valence-corrected chi connectivity index (χ0v) is 13.2. The van der Waals surface area contributed by atoms with Gasteiger partial charge in [0.25, 0.3) is 6.43 Å².